The van der Waals surface area contributed by atoms with E-state index < -0.39 is 0 Å². The van der Waals surface area contributed by atoms with Gasteiger partial charge < -0.3 is 15.0 Å². The van der Waals surface area contributed by atoms with Gasteiger partial charge in [-0.25, -0.2) is 0 Å². The SMILES string of the molecule is CNC(=O)C/C=N\N=C\OCCCN(C)C. The van der Waals surface area contributed by atoms with Gasteiger partial charge in [0, 0.05) is 19.8 Å². The van der Waals surface area contributed by atoms with Gasteiger partial charge in [0.05, 0.1) is 13.0 Å². The maximum absolute atomic E-state index is 10.8. The van der Waals surface area contributed by atoms with E-state index in [1.54, 1.807) is 7.05 Å². The van der Waals surface area contributed by atoms with Crippen molar-refractivity contribution in [2.24, 2.45) is 10.2 Å². The van der Waals surface area contributed by atoms with Gasteiger partial charge in [0.25, 0.3) is 0 Å². The largest absolute Gasteiger partial charge is 0.482 e. The summed E-state index contributed by atoms with van der Waals surface area (Å²) >= 11 is 0. The Kier molecular flexibility index (Phi) is 9.20. The number of amides is 1. The molecule has 6 heteroatoms. The molecular formula is C10H20N4O2. The molecule has 0 aliphatic carbocycles. The number of rotatable bonds is 8. The van der Waals surface area contributed by atoms with Crippen LogP contribution in [0, 0.1) is 0 Å². The van der Waals surface area contributed by atoms with Crippen LogP contribution in [-0.2, 0) is 9.53 Å². The van der Waals surface area contributed by atoms with E-state index in [2.05, 4.69) is 20.4 Å². The number of hydrogen-bond donors (Lipinski definition) is 1. The third kappa shape index (κ3) is 10.6. The first-order valence-corrected chi connectivity index (χ1v) is 5.17. The monoisotopic (exact) mass is 228 g/mol. The minimum Gasteiger partial charge on any atom is -0.482 e. The fraction of sp³-hybridized carbons (Fsp3) is 0.700. The lowest BCUT2D eigenvalue weighted by Crippen LogP contribution is -2.17. The lowest BCUT2D eigenvalue weighted by Gasteiger charge is -2.07. The Morgan fingerprint density at radius 2 is 2.19 bits per heavy atom. The number of hydrogen-bond acceptors (Lipinski definition) is 5. The summed E-state index contributed by atoms with van der Waals surface area (Å²) in [6.07, 6.45) is 3.89. The summed E-state index contributed by atoms with van der Waals surface area (Å²) in [5, 5.41) is 9.74. The Morgan fingerprint density at radius 3 is 2.81 bits per heavy atom. The highest BCUT2D eigenvalue weighted by Gasteiger charge is 1.91. The smallest absolute Gasteiger partial charge is 0.225 e. The number of nitrogens with one attached hydrogen (secondary N) is 1. The third-order valence-electron chi connectivity index (χ3n) is 1.69. The Labute approximate surface area is 96.4 Å². The minimum atomic E-state index is -0.0918. The van der Waals surface area contributed by atoms with Crippen molar-refractivity contribution in [2.75, 3.05) is 34.3 Å². The van der Waals surface area contributed by atoms with E-state index >= 15 is 0 Å². The molecule has 0 aliphatic rings. The van der Waals surface area contributed by atoms with Crippen LogP contribution in [0.3, 0.4) is 0 Å². The molecular weight excluding hydrogens is 208 g/mol. The summed E-state index contributed by atoms with van der Waals surface area (Å²) in [4.78, 5) is 12.8. The van der Waals surface area contributed by atoms with Gasteiger partial charge in [0.1, 0.15) is 0 Å². The van der Waals surface area contributed by atoms with Crippen molar-refractivity contribution in [1.82, 2.24) is 10.2 Å². The van der Waals surface area contributed by atoms with Gasteiger partial charge in [-0.3, -0.25) is 4.79 Å². The molecule has 6 nitrogen and oxygen atoms in total. The van der Waals surface area contributed by atoms with E-state index in [0.717, 1.165) is 13.0 Å². The second-order valence-electron chi connectivity index (χ2n) is 3.42. The lowest BCUT2D eigenvalue weighted by molar-refractivity contribution is -0.119. The van der Waals surface area contributed by atoms with Gasteiger partial charge in [0.2, 0.25) is 5.91 Å². The predicted octanol–water partition coefficient (Wildman–Crippen LogP) is 0.105. The van der Waals surface area contributed by atoms with Crippen molar-refractivity contribution < 1.29 is 9.53 Å². The first-order valence-electron chi connectivity index (χ1n) is 5.17. The molecule has 0 heterocycles. The molecule has 0 fully saturated rings. The average Bonchev–Trinajstić information content (AvgIpc) is 2.26. The van der Waals surface area contributed by atoms with E-state index in [4.69, 9.17) is 4.74 Å². The molecule has 16 heavy (non-hydrogen) atoms. The number of nitrogens with zero attached hydrogens (tertiary/aromatic N) is 3. The topological polar surface area (TPSA) is 66.3 Å². The number of carbonyl (C=O) groups excluding carboxylic acids is 1. The van der Waals surface area contributed by atoms with E-state index in [1.807, 2.05) is 14.1 Å². The fourth-order valence-electron chi connectivity index (χ4n) is 0.850. The molecule has 0 aromatic carbocycles. The molecule has 0 spiro atoms. The predicted molar refractivity (Wildman–Crippen MR) is 64.8 cm³/mol. The van der Waals surface area contributed by atoms with E-state index in [1.165, 1.54) is 12.6 Å². The summed E-state index contributed by atoms with van der Waals surface area (Å²) in [7, 11) is 5.60. The second-order valence-corrected chi connectivity index (χ2v) is 3.42. The van der Waals surface area contributed by atoms with Gasteiger partial charge >= 0.3 is 0 Å². The second kappa shape index (κ2) is 10.1. The Morgan fingerprint density at radius 1 is 1.44 bits per heavy atom. The summed E-state index contributed by atoms with van der Waals surface area (Å²) in [5.74, 6) is -0.0918. The van der Waals surface area contributed by atoms with Gasteiger partial charge in [0.15, 0.2) is 6.40 Å². The normalized spacial score (nSPS) is 11.5. The highest BCUT2D eigenvalue weighted by atomic mass is 16.5. The number of ether oxygens (including phenoxy) is 1. The third-order valence-corrected chi connectivity index (χ3v) is 1.69. The van der Waals surface area contributed by atoms with Crippen LogP contribution >= 0.6 is 0 Å². The first-order chi connectivity index (χ1) is 7.66. The summed E-state index contributed by atoms with van der Waals surface area (Å²) < 4.78 is 5.08. The molecule has 0 aromatic rings. The van der Waals surface area contributed by atoms with Crippen LogP contribution in [0.1, 0.15) is 12.8 Å². The average molecular weight is 228 g/mol. The van der Waals surface area contributed by atoms with E-state index in [0.29, 0.717) is 6.61 Å². The first kappa shape index (κ1) is 14.6. The standard InChI is InChI=1S/C10H20N4O2/c1-11-10(15)5-6-12-13-9-16-8-4-7-14(2)3/h6,9H,4-5,7-8H2,1-3H3,(H,11,15)/b12-6-,13-9+. The van der Waals surface area contributed by atoms with Gasteiger partial charge in [-0.15, -0.1) is 5.10 Å². The molecule has 0 rings (SSSR count). The molecule has 0 saturated carbocycles. The van der Waals surface area contributed by atoms with Crippen LogP contribution in [-0.4, -0.2) is 57.7 Å². The summed E-state index contributed by atoms with van der Waals surface area (Å²) in [6.45, 7) is 1.60. The molecule has 1 N–H and O–H groups in total. The van der Waals surface area contributed by atoms with Gasteiger partial charge in [-0.2, -0.15) is 5.10 Å². The summed E-state index contributed by atoms with van der Waals surface area (Å²) in [6, 6.07) is 0. The zero-order valence-corrected chi connectivity index (χ0v) is 10.1. The maximum Gasteiger partial charge on any atom is 0.225 e. The maximum atomic E-state index is 10.8. The Balaban J connectivity index is 3.37. The van der Waals surface area contributed by atoms with Crippen molar-refractivity contribution in [1.29, 1.82) is 0 Å². The van der Waals surface area contributed by atoms with Crippen molar-refractivity contribution in [3.63, 3.8) is 0 Å². The molecule has 1 amide bonds. The molecule has 0 radical (unpaired) electrons. The van der Waals surface area contributed by atoms with Crippen LogP contribution in [0.5, 0.6) is 0 Å². The van der Waals surface area contributed by atoms with Crippen molar-refractivity contribution >= 4 is 18.5 Å². The van der Waals surface area contributed by atoms with E-state index in [9.17, 15) is 4.79 Å². The zero-order chi connectivity index (χ0) is 12.2. The van der Waals surface area contributed by atoms with Crippen molar-refractivity contribution in [3.05, 3.63) is 0 Å². The van der Waals surface area contributed by atoms with Gasteiger partial charge in [-0.1, -0.05) is 0 Å². The van der Waals surface area contributed by atoms with Crippen molar-refractivity contribution in [2.45, 2.75) is 12.8 Å². The Hall–Kier alpha value is -1.43. The number of carbonyl (C=O) groups is 1. The molecule has 0 unspecified atom stereocenters. The van der Waals surface area contributed by atoms with Crippen LogP contribution in [0.25, 0.3) is 0 Å². The van der Waals surface area contributed by atoms with Crippen LogP contribution in [0.4, 0.5) is 0 Å². The molecule has 0 aliphatic heterocycles. The Bertz CT molecular complexity index is 239. The molecule has 0 saturated heterocycles. The molecule has 92 valence electrons. The van der Waals surface area contributed by atoms with Crippen LogP contribution < -0.4 is 5.32 Å². The van der Waals surface area contributed by atoms with Crippen LogP contribution in [0.2, 0.25) is 0 Å². The summed E-state index contributed by atoms with van der Waals surface area (Å²) in [5.41, 5.74) is 0. The quantitative estimate of drug-likeness (QED) is 0.277. The van der Waals surface area contributed by atoms with Gasteiger partial charge in [-0.05, 0) is 20.5 Å². The van der Waals surface area contributed by atoms with Crippen LogP contribution in [0.15, 0.2) is 10.2 Å². The fourth-order valence-corrected chi connectivity index (χ4v) is 0.850. The highest BCUT2D eigenvalue weighted by Crippen LogP contribution is 1.84. The molecule has 0 aromatic heterocycles. The molecule has 0 bridgehead atoms. The highest BCUT2D eigenvalue weighted by molar-refractivity contribution is 5.89. The molecule has 0 atom stereocenters. The van der Waals surface area contributed by atoms with Crippen molar-refractivity contribution in [3.8, 4) is 0 Å². The minimum absolute atomic E-state index is 0.0918. The van der Waals surface area contributed by atoms with E-state index in [-0.39, 0.29) is 12.3 Å². The zero-order valence-electron chi connectivity index (χ0n) is 10.1. The lowest BCUT2D eigenvalue weighted by atomic mass is 10.4.